The molecule has 0 aromatic carbocycles. The highest BCUT2D eigenvalue weighted by atomic mass is 16.5. The number of aromatic nitrogens is 1. The lowest BCUT2D eigenvalue weighted by molar-refractivity contribution is -0.000175. The van der Waals surface area contributed by atoms with Crippen molar-refractivity contribution in [3.05, 3.63) is 23.9 Å². The molecule has 0 saturated heterocycles. The highest BCUT2D eigenvalue weighted by molar-refractivity contribution is 6.03. The molecule has 0 aliphatic heterocycles. The van der Waals surface area contributed by atoms with E-state index in [0.717, 1.165) is 0 Å². The van der Waals surface area contributed by atoms with Gasteiger partial charge in [-0.3, -0.25) is 4.79 Å². The largest absolute Gasteiger partial charge is 0.383 e. The molecule has 1 atom stereocenters. The molecular formula is C13H20N2O2. The molecular weight excluding hydrogens is 216 g/mol. The summed E-state index contributed by atoms with van der Waals surface area (Å²) in [5, 5.41) is 0. The fourth-order valence-electron chi connectivity index (χ4n) is 1.65. The van der Waals surface area contributed by atoms with Crippen LogP contribution in [-0.2, 0) is 4.74 Å². The summed E-state index contributed by atoms with van der Waals surface area (Å²) in [6, 6.07) is 3.39. The minimum absolute atomic E-state index is 0.107. The van der Waals surface area contributed by atoms with Crippen molar-refractivity contribution in [2.24, 2.45) is 5.41 Å². The molecule has 1 unspecified atom stereocenters. The van der Waals surface area contributed by atoms with Gasteiger partial charge >= 0.3 is 0 Å². The van der Waals surface area contributed by atoms with E-state index in [4.69, 9.17) is 10.5 Å². The van der Waals surface area contributed by atoms with Crippen LogP contribution in [-0.4, -0.2) is 23.5 Å². The van der Waals surface area contributed by atoms with E-state index >= 15 is 0 Å². The van der Waals surface area contributed by atoms with Gasteiger partial charge < -0.3 is 10.5 Å². The predicted octanol–water partition coefficient (Wildman–Crippen LogP) is 2.30. The monoisotopic (exact) mass is 236 g/mol. The Kier molecular flexibility index (Phi) is 4.23. The molecule has 0 fully saturated rings. The van der Waals surface area contributed by atoms with Crippen LogP contribution in [0, 0.1) is 5.41 Å². The summed E-state index contributed by atoms with van der Waals surface area (Å²) < 4.78 is 5.54. The summed E-state index contributed by atoms with van der Waals surface area (Å²) in [4.78, 5) is 16.3. The quantitative estimate of drug-likeness (QED) is 0.815. The third kappa shape index (κ3) is 3.27. The molecule has 0 bridgehead atoms. The van der Waals surface area contributed by atoms with Crippen molar-refractivity contribution in [1.29, 1.82) is 0 Å². The molecule has 2 N–H and O–H groups in total. The standard InChI is InChI=1S/C13H20N2O2/c1-5-17-11(13(2,3)4)10(16)9-7-6-8-15-12(9)14/h6-8,11H,5H2,1-4H3,(H2,14,15). The number of hydrogen-bond acceptors (Lipinski definition) is 4. The van der Waals surface area contributed by atoms with Gasteiger partial charge in [0.1, 0.15) is 11.9 Å². The SMILES string of the molecule is CCOC(C(=O)c1cccnc1N)C(C)(C)C. The number of pyridine rings is 1. The topological polar surface area (TPSA) is 65.2 Å². The van der Waals surface area contributed by atoms with Gasteiger partial charge in [0.15, 0.2) is 5.78 Å². The van der Waals surface area contributed by atoms with Crippen molar-refractivity contribution < 1.29 is 9.53 Å². The predicted molar refractivity (Wildman–Crippen MR) is 67.8 cm³/mol. The molecule has 94 valence electrons. The van der Waals surface area contributed by atoms with Crippen molar-refractivity contribution in [2.45, 2.75) is 33.8 Å². The summed E-state index contributed by atoms with van der Waals surface area (Å²) in [5.41, 5.74) is 5.87. The Morgan fingerprint density at radius 3 is 2.65 bits per heavy atom. The highest BCUT2D eigenvalue weighted by Crippen LogP contribution is 2.26. The number of Topliss-reactive ketones (excluding diaryl/α,β-unsaturated/α-hetero) is 1. The van der Waals surface area contributed by atoms with E-state index in [-0.39, 0.29) is 17.0 Å². The third-order valence-corrected chi connectivity index (χ3v) is 2.46. The minimum atomic E-state index is -0.501. The zero-order valence-corrected chi connectivity index (χ0v) is 10.9. The molecule has 4 nitrogen and oxygen atoms in total. The van der Waals surface area contributed by atoms with Crippen LogP contribution in [0.5, 0.6) is 0 Å². The second-order valence-corrected chi connectivity index (χ2v) is 5.00. The number of nitrogen functional groups attached to an aromatic ring is 1. The maximum Gasteiger partial charge on any atom is 0.195 e. The number of carbonyl (C=O) groups excluding carboxylic acids is 1. The molecule has 0 radical (unpaired) electrons. The molecule has 1 heterocycles. The second-order valence-electron chi connectivity index (χ2n) is 5.00. The van der Waals surface area contributed by atoms with Gasteiger partial charge in [-0.05, 0) is 24.5 Å². The summed E-state index contributed by atoms with van der Waals surface area (Å²) in [5.74, 6) is 0.149. The molecule has 0 aliphatic rings. The lowest BCUT2D eigenvalue weighted by Gasteiger charge is -2.29. The van der Waals surface area contributed by atoms with Crippen molar-refractivity contribution in [1.82, 2.24) is 4.98 Å². The summed E-state index contributed by atoms with van der Waals surface area (Å²) in [6.07, 6.45) is 1.07. The molecule has 0 aliphatic carbocycles. The second kappa shape index (κ2) is 5.27. The number of rotatable bonds is 4. The number of nitrogens with zero attached hydrogens (tertiary/aromatic N) is 1. The molecule has 1 aromatic rings. The molecule has 0 saturated carbocycles. The van der Waals surface area contributed by atoms with Crippen LogP contribution in [0.3, 0.4) is 0 Å². The molecule has 4 heteroatoms. The fourth-order valence-corrected chi connectivity index (χ4v) is 1.65. The molecule has 1 aromatic heterocycles. The van der Waals surface area contributed by atoms with Crippen molar-refractivity contribution in [3.8, 4) is 0 Å². The van der Waals surface area contributed by atoms with Gasteiger partial charge in [0.2, 0.25) is 0 Å². The molecule has 0 amide bonds. The Morgan fingerprint density at radius 1 is 1.53 bits per heavy atom. The average molecular weight is 236 g/mol. The van der Waals surface area contributed by atoms with Gasteiger partial charge in [0.25, 0.3) is 0 Å². The van der Waals surface area contributed by atoms with Crippen LogP contribution in [0.25, 0.3) is 0 Å². The van der Waals surface area contributed by atoms with Crippen LogP contribution in [0.15, 0.2) is 18.3 Å². The van der Waals surface area contributed by atoms with E-state index in [2.05, 4.69) is 4.98 Å². The van der Waals surface area contributed by atoms with E-state index in [1.807, 2.05) is 27.7 Å². The molecule has 17 heavy (non-hydrogen) atoms. The van der Waals surface area contributed by atoms with Crippen molar-refractivity contribution in [2.75, 3.05) is 12.3 Å². The maximum absolute atomic E-state index is 12.4. The Labute approximate surface area is 102 Å². The summed E-state index contributed by atoms with van der Waals surface area (Å²) in [6.45, 7) is 8.28. The highest BCUT2D eigenvalue weighted by Gasteiger charge is 2.33. The Bertz CT molecular complexity index is 397. The van der Waals surface area contributed by atoms with Gasteiger partial charge in [-0.1, -0.05) is 20.8 Å². The van der Waals surface area contributed by atoms with Crippen molar-refractivity contribution in [3.63, 3.8) is 0 Å². The van der Waals surface area contributed by atoms with Crippen LogP contribution < -0.4 is 5.73 Å². The lowest BCUT2D eigenvalue weighted by atomic mass is 9.84. The van der Waals surface area contributed by atoms with E-state index < -0.39 is 6.10 Å². The third-order valence-electron chi connectivity index (χ3n) is 2.46. The van der Waals surface area contributed by atoms with Crippen LogP contribution in [0.1, 0.15) is 38.1 Å². The number of carbonyl (C=O) groups is 1. The first-order chi connectivity index (χ1) is 7.88. The molecule has 1 rings (SSSR count). The number of ether oxygens (including phenoxy) is 1. The smallest absolute Gasteiger partial charge is 0.195 e. The number of anilines is 1. The first kappa shape index (κ1) is 13.6. The maximum atomic E-state index is 12.4. The van der Waals surface area contributed by atoms with Gasteiger partial charge in [-0.2, -0.15) is 0 Å². The van der Waals surface area contributed by atoms with Gasteiger partial charge in [-0.15, -0.1) is 0 Å². The average Bonchev–Trinajstić information content (AvgIpc) is 2.24. The van der Waals surface area contributed by atoms with Crippen molar-refractivity contribution >= 4 is 11.6 Å². The van der Waals surface area contributed by atoms with Gasteiger partial charge in [0, 0.05) is 12.8 Å². The Morgan fingerprint density at radius 2 is 2.18 bits per heavy atom. The van der Waals surface area contributed by atoms with E-state index in [9.17, 15) is 4.79 Å². The van der Waals surface area contributed by atoms with Crippen LogP contribution in [0.2, 0.25) is 0 Å². The van der Waals surface area contributed by atoms with Gasteiger partial charge in [0.05, 0.1) is 5.56 Å². The number of nitrogens with two attached hydrogens (primary N) is 1. The summed E-state index contributed by atoms with van der Waals surface area (Å²) in [7, 11) is 0. The lowest BCUT2D eigenvalue weighted by Crippen LogP contribution is -2.37. The van der Waals surface area contributed by atoms with E-state index in [1.165, 1.54) is 0 Å². The first-order valence-electron chi connectivity index (χ1n) is 5.74. The molecule has 0 spiro atoms. The Balaban J connectivity index is 3.05. The number of hydrogen-bond donors (Lipinski definition) is 1. The fraction of sp³-hybridized carbons (Fsp3) is 0.538. The van der Waals surface area contributed by atoms with Crippen LogP contribution >= 0.6 is 0 Å². The van der Waals surface area contributed by atoms with Gasteiger partial charge in [-0.25, -0.2) is 4.98 Å². The van der Waals surface area contributed by atoms with Crippen LogP contribution in [0.4, 0.5) is 5.82 Å². The minimum Gasteiger partial charge on any atom is -0.383 e. The summed E-state index contributed by atoms with van der Waals surface area (Å²) >= 11 is 0. The first-order valence-corrected chi connectivity index (χ1v) is 5.74. The van der Waals surface area contributed by atoms with E-state index in [0.29, 0.717) is 12.2 Å². The normalized spacial score (nSPS) is 13.4. The Hall–Kier alpha value is -1.42. The zero-order chi connectivity index (χ0) is 13.1. The van der Waals surface area contributed by atoms with E-state index in [1.54, 1.807) is 18.3 Å². The number of ketones is 1. The zero-order valence-electron chi connectivity index (χ0n) is 10.9.